The normalized spacial score (nSPS) is 12.4. The third kappa shape index (κ3) is 3.62. The first-order valence-electron chi connectivity index (χ1n) is 5.82. The summed E-state index contributed by atoms with van der Waals surface area (Å²) >= 11 is 5.92. The predicted molar refractivity (Wildman–Crippen MR) is 78.8 cm³/mol. The Morgan fingerprint density at radius 2 is 1.95 bits per heavy atom. The molecule has 0 saturated carbocycles. The van der Waals surface area contributed by atoms with E-state index in [9.17, 15) is 13.2 Å². The Morgan fingerprint density at radius 3 is 2.40 bits per heavy atom. The Balaban J connectivity index is 3.04. The second-order valence-electron chi connectivity index (χ2n) is 5.19. The monoisotopic (exact) mass is 319 g/mol. The number of rotatable bonds is 5. The zero-order valence-corrected chi connectivity index (χ0v) is 13.1. The second kappa shape index (κ2) is 5.59. The van der Waals surface area contributed by atoms with Crippen molar-refractivity contribution < 1.29 is 13.2 Å². The van der Waals surface area contributed by atoms with Gasteiger partial charge < -0.3 is 11.5 Å². The van der Waals surface area contributed by atoms with Crippen molar-refractivity contribution >= 4 is 33.2 Å². The predicted octanol–water partition coefficient (Wildman–Crippen LogP) is 1.02. The lowest BCUT2D eigenvalue weighted by Gasteiger charge is -2.20. The number of nitrogens with two attached hydrogens (primary N) is 2. The molecule has 8 heteroatoms. The molecular formula is C12H18ClN3O3S. The van der Waals surface area contributed by atoms with E-state index < -0.39 is 21.3 Å². The number of benzene rings is 1. The van der Waals surface area contributed by atoms with Crippen molar-refractivity contribution in [3.8, 4) is 0 Å². The number of anilines is 1. The number of carbonyl (C=O) groups is 1. The van der Waals surface area contributed by atoms with Crippen LogP contribution in [0, 0.1) is 12.3 Å². The molecule has 0 radical (unpaired) electrons. The number of carbonyl (C=O) groups excluding carboxylic acids is 1. The van der Waals surface area contributed by atoms with Crippen LogP contribution in [0.1, 0.15) is 19.4 Å². The highest BCUT2D eigenvalue weighted by Crippen LogP contribution is 2.26. The number of nitrogen functional groups attached to an aromatic ring is 1. The number of primary amides is 1. The Morgan fingerprint density at radius 1 is 1.40 bits per heavy atom. The topological polar surface area (TPSA) is 115 Å². The van der Waals surface area contributed by atoms with Gasteiger partial charge in [-0.15, -0.1) is 0 Å². The molecule has 1 aromatic rings. The van der Waals surface area contributed by atoms with E-state index in [1.165, 1.54) is 12.1 Å². The summed E-state index contributed by atoms with van der Waals surface area (Å²) in [6.07, 6.45) is 0. The lowest BCUT2D eigenvalue weighted by Crippen LogP contribution is -2.42. The molecule has 0 saturated heterocycles. The maximum atomic E-state index is 12.1. The molecule has 1 aromatic carbocycles. The SMILES string of the molecule is Cc1c(N)cc(S(=O)(=O)NCC(C)(C)C(N)=O)cc1Cl. The van der Waals surface area contributed by atoms with Crippen LogP contribution >= 0.6 is 11.6 Å². The first-order chi connectivity index (χ1) is 8.97. The van der Waals surface area contributed by atoms with Crippen LogP contribution in [0.4, 0.5) is 5.69 Å². The van der Waals surface area contributed by atoms with E-state index in [0.717, 1.165) is 0 Å². The lowest BCUT2D eigenvalue weighted by molar-refractivity contribution is -0.125. The summed E-state index contributed by atoms with van der Waals surface area (Å²) in [6, 6.07) is 2.63. The molecule has 0 aliphatic rings. The summed E-state index contributed by atoms with van der Waals surface area (Å²) in [5.74, 6) is -0.596. The fourth-order valence-electron chi connectivity index (χ4n) is 1.28. The zero-order chi connectivity index (χ0) is 15.7. The van der Waals surface area contributed by atoms with Crippen LogP contribution in [0.5, 0.6) is 0 Å². The largest absolute Gasteiger partial charge is 0.398 e. The van der Waals surface area contributed by atoms with E-state index >= 15 is 0 Å². The highest BCUT2D eigenvalue weighted by molar-refractivity contribution is 7.89. The van der Waals surface area contributed by atoms with Crippen molar-refractivity contribution in [2.24, 2.45) is 11.1 Å². The average molecular weight is 320 g/mol. The first-order valence-corrected chi connectivity index (χ1v) is 7.68. The summed E-state index contributed by atoms with van der Waals surface area (Å²) < 4.78 is 26.6. The van der Waals surface area contributed by atoms with Gasteiger partial charge >= 0.3 is 0 Å². The minimum Gasteiger partial charge on any atom is -0.398 e. The number of hydrogen-bond acceptors (Lipinski definition) is 4. The van der Waals surface area contributed by atoms with Gasteiger partial charge in [-0.25, -0.2) is 13.1 Å². The van der Waals surface area contributed by atoms with Gasteiger partial charge in [-0.3, -0.25) is 4.79 Å². The van der Waals surface area contributed by atoms with Gasteiger partial charge in [-0.2, -0.15) is 0 Å². The summed E-state index contributed by atoms with van der Waals surface area (Å²) in [4.78, 5) is 11.1. The van der Waals surface area contributed by atoms with E-state index in [-0.39, 0.29) is 22.2 Å². The molecule has 112 valence electrons. The Hall–Kier alpha value is -1.31. The standard InChI is InChI=1S/C12H18ClN3O3S/c1-7-9(13)4-8(5-10(7)14)20(18,19)16-6-12(2,3)11(15)17/h4-5,16H,6,14H2,1-3H3,(H2,15,17). The number of nitrogens with one attached hydrogen (secondary N) is 1. The maximum absolute atomic E-state index is 12.1. The van der Waals surface area contributed by atoms with Crippen LogP contribution in [-0.2, 0) is 14.8 Å². The molecule has 6 nitrogen and oxygen atoms in total. The highest BCUT2D eigenvalue weighted by atomic mass is 35.5. The van der Waals surface area contributed by atoms with Gasteiger partial charge in [0.1, 0.15) is 0 Å². The molecule has 20 heavy (non-hydrogen) atoms. The van der Waals surface area contributed by atoms with E-state index in [4.69, 9.17) is 23.1 Å². The van der Waals surface area contributed by atoms with Crippen LogP contribution in [0.25, 0.3) is 0 Å². The van der Waals surface area contributed by atoms with Crippen molar-refractivity contribution in [2.75, 3.05) is 12.3 Å². The number of sulfonamides is 1. The van der Waals surface area contributed by atoms with Crippen LogP contribution in [0.15, 0.2) is 17.0 Å². The van der Waals surface area contributed by atoms with Crippen molar-refractivity contribution in [2.45, 2.75) is 25.7 Å². The average Bonchev–Trinajstić information content (AvgIpc) is 2.33. The number of amides is 1. The Kier molecular flexibility index (Phi) is 4.68. The van der Waals surface area contributed by atoms with Gasteiger partial charge in [-0.1, -0.05) is 11.6 Å². The Labute approximate surface area is 123 Å². The summed E-state index contributed by atoms with van der Waals surface area (Å²) in [6.45, 7) is 4.68. The number of halogens is 1. The summed E-state index contributed by atoms with van der Waals surface area (Å²) in [5, 5.41) is 0.263. The van der Waals surface area contributed by atoms with E-state index in [1.54, 1.807) is 20.8 Å². The fraction of sp³-hybridized carbons (Fsp3) is 0.417. The van der Waals surface area contributed by atoms with E-state index in [2.05, 4.69) is 4.72 Å². The second-order valence-corrected chi connectivity index (χ2v) is 7.37. The summed E-state index contributed by atoms with van der Waals surface area (Å²) in [7, 11) is -3.81. The molecule has 0 heterocycles. The molecule has 1 rings (SSSR count). The van der Waals surface area contributed by atoms with Crippen LogP contribution in [0.3, 0.4) is 0 Å². The summed E-state index contributed by atoms with van der Waals surface area (Å²) in [5.41, 5.74) is 10.8. The van der Waals surface area contributed by atoms with Crippen molar-refractivity contribution in [3.05, 3.63) is 22.7 Å². The maximum Gasteiger partial charge on any atom is 0.240 e. The lowest BCUT2D eigenvalue weighted by atomic mass is 9.93. The minimum atomic E-state index is -3.81. The molecule has 0 unspecified atom stereocenters. The highest BCUT2D eigenvalue weighted by Gasteiger charge is 2.28. The van der Waals surface area contributed by atoms with Crippen molar-refractivity contribution in [1.82, 2.24) is 4.72 Å². The van der Waals surface area contributed by atoms with Crippen LogP contribution < -0.4 is 16.2 Å². The zero-order valence-electron chi connectivity index (χ0n) is 11.5. The number of hydrogen-bond donors (Lipinski definition) is 3. The van der Waals surface area contributed by atoms with Gasteiger partial charge in [0, 0.05) is 17.3 Å². The molecule has 0 spiro atoms. The molecular weight excluding hydrogens is 302 g/mol. The minimum absolute atomic E-state index is 0.0501. The molecule has 0 aliphatic heterocycles. The fourth-order valence-corrected chi connectivity index (χ4v) is 2.84. The van der Waals surface area contributed by atoms with Crippen LogP contribution in [0.2, 0.25) is 5.02 Å². The molecule has 0 aromatic heterocycles. The molecule has 0 bridgehead atoms. The Bertz CT molecular complexity index is 618. The van der Waals surface area contributed by atoms with Gasteiger partial charge in [0.2, 0.25) is 15.9 Å². The van der Waals surface area contributed by atoms with Gasteiger partial charge in [-0.05, 0) is 38.5 Å². The van der Waals surface area contributed by atoms with E-state index in [0.29, 0.717) is 5.56 Å². The third-order valence-electron chi connectivity index (χ3n) is 3.04. The smallest absolute Gasteiger partial charge is 0.240 e. The van der Waals surface area contributed by atoms with Gasteiger partial charge in [0.25, 0.3) is 0 Å². The molecule has 0 aliphatic carbocycles. The van der Waals surface area contributed by atoms with Gasteiger partial charge in [0.05, 0.1) is 10.3 Å². The first kappa shape index (κ1) is 16.7. The quantitative estimate of drug-likeness (QED) is 0.703. The van der Waals surface area contributed by atoms with Crippen molar-refractivity contribution in [1.29, 1.82) is 0 Å². The third-order valence-corrected chi connectivity index (χ3v) is 4.81. The van der Waals surface area contributed by atoms with E-state index in [1.807, 2.05) is 0 Å². The van der Waals surface area contributed by atoms with Crippen molar-refractivity contribution in [3.63, 3.8) is 0 Å². The molecule has 0 fully saturated rings. The molecule has 0 atom stereocenters. The van der Waals surface area contributed by atoms with Gasteiger partial charge in [0.15, 0.2) is 0 Å². The van der Waals surface area contributed by atoms with Crippen LogP contribution in [-0.4, -0.2) is 20.9 Å². The molecule has 1 amide bonds. The molecule has 5 N–H and O–H groups in total.